The van der Waals surface area contributed by atoms with E-state index >= 15 is 0 Å². The Hall–Kier alpha value is -2.18. The summed E-state index contributed by atoms with van der Waals surface area (Å²) in [5.74, 6) is 1.45. The largest absolute Gasteiger partial charge is 0.379 e. The molecule has 2 heterocycles. The molecule has 1 saturated heterocycles. The second kappa shape index (κ2) is 8.08. The van der Waals surface area contributed by atoms with Crippen LogP contribution in [0.15, 0.2) is 30.5 Å². The van der Waals surface area contributed by atoms with Crippen LogP contribution in [0.1, 0.15) is 11.1 Å². The molecule has 3 rings (SSSR count). The summed E-state index contributed by atoms with van der Waals surface area (Å²) in [6.07, 6.45) is 1.78. The number of hydrogen-bond acceptors (Lipinski definition) is 6. The number of rotatable bonds is 6. The van der Waals surface area contributed by atoms with Crippen molar-refractivity contribution < 1.29 is 4.74 Å². The fourth-order valence-electron chi connectivity index (χ4n) is 2.69. The average Bonchev–Trinajstić information content (AvgIpc) is 2.60. The summed E-state index contributed by atoms with van der Waals surface area (Å²) in [5.41, 5.74) is 3.51. The van der Waals surface area contributed by atoms with Gasteiger partial charge in [0.05, 0.1) is 13.2 Å². The fraction of sp³-hybridized carbons (Fsp3) is 0.444. The third-order valence-electron chi connectivity index (χ3n) is 4.34. The lowest BCUT2D eigenvalue weighted by Crippen LogP contribution is -2.39. The van der Waals surface area contributed by atoms with Crippen molar-refractivity contribution in [3.63, 3.8) is 0 Å². The number of ether oxygens (including phenoxy) is 1. The molecule has 128 valence electrons. The van der Waals surface area contributed by atoms with Crippen LogP contribution in [0.4, 0.5) is 17.5 Å². The minimum absolute atomic E-state index is 0.611. The summed E-state index contributed by atoms with van der Waals surface area (Å²) in [7, 11) is 0. The van der Waals surface area contributed by atoms with Gasteiger partial charge in [0.1, 0.15) is 5.82 Å². The Morgan fingerprint density at radius 3 is 2.83 bits per heavy atom. The number of nitrogens with one attached hydrogen (secondary N) is 2. The number of benzene rings is 1. The maximum Gasteiger partial charge on any atom is 0.229 e. The lowest BCUT2D eigenvalue weighted by atomic mass is 10.1. The molecule has 0 saturated carbocycles. The number of hydrogen-bond donors (Lipinski definition) is 2. The third kappa shape index (κ3) is 4.43. The zero-order valence-corrected chi connectivity index (χ0v) is 14.4. The van der Waals surface area contributed by atoms with Crippen LogP contribution in [-0.4, -0.2) is 54.3 Å². The molecule has 0 aliphatic carbocycles. The first kappa shape index (κ1) is 16.7. The quantitative estimate of drug-likeness (QED) is 0.850. The second-order valence-corrected chi connectivity index (χ2v) is 6.02. The van der Waals surface area contributed by atoms with E-state index in [1.807, 2.05) is 18.2 Å². The molecule has 0 radical (unpaired) electrons. The van der Waals surface area contributed by atoms with Crippen LogP contribution < -0.4 is 10.6 Å². The van der Waals surface area contributed by atoms with E-state index in [9.17, 15) is 0 Å². The molecule has 2 aromatic rings. The minimum atomic E-state index is 0.611. The number of morpholine rings is 1. The van der Waals surface area contributed by atoms with Crippen LogP contribution in [0, 0.1) is 13.8 Å². The van der Waals surface area contributed by atoms with E-state index in [4.69, 9.17) is 4.74 Å². The van der Waals surface area contributed by atoms with Gasteiger partial charge in [0.2, 0.25) is 5.95 Å². The Kier molecular flexibility index (Phi) is 5.61. The Balaban J connectivity index is 1.56. The maximum absolute atomic E-state index is 5.36. The summed E-state index contributed by atoms with van der Waals surface area (Å²) in [6.45, 7) is 9.73. The second-order valence-electron chi connectivity index (χ2n) is 6.02. The molecule has 0 amide bonds. The monoisotopic (exact) mass is 327 g/mol. The Labute approximate surface area is 143 Å². The highest BCUT2D eigenvalue weighted by Crippen LogP contribution is 2.21. The molecule has 0 unspecified atom stereocenters. The molecule has 2 N–H and O–H groups in total. The highest BCUT2D eigenvalue weighted by Gasteiger charge is 2.09. The van der Waals surface area contributed by atoms with Crippen molar-refractivity contribution in [3.05, 3.63) is 41.6 Å². The molecule has 0 bridgehead atoms. The van der Waals surface area contributed by atoms with Gasteiger partial charge < -0.3 is 15.4 Å². The predicted molar refractivity (Wildman–Crippen MR) is 97.0 cm³/mol. The highest BCUT2D eigenvalue weighted by molar-refractivity contribution is 5.60. The summed E-state index contributed by atoms with van der Waals surface area (Å²) < 4.78 is 5.36. The number of aryl methyl sites for hydroxylation is 1. The first-order valence-electron chi connectivity index (χ1n) is 8.42. The van der Waals surface area contributed by atoms with Gasteiger partial charge >= 0.3 is 0 Å². The van der Waals surface area contributed by atoms with Gasteiger partial charge in [-0.15, -0.1) is 0 Å². The summed E-state index contributed by atoms with van der Waals surface area (Å²) >= 11 is 0. The highest BCUT2D eigenvalue weighted by atomic mass is 16.5. The number of aromatic nitrogens is 2. The molecule has 24 heavy (non-hydrogen) atoms. The molecule has 1 aliphatic heterocycles. The first-order valence-corrected chi connectivity index (χ1v) is 8.42. The standard InChI is InChI=1S/C18H25N5O/c1-14-4-3-5-16(15(14)2)21-18-20-7-6-17(22-18)19-8-9-23-10-12-24-13-11-23/h3-7H,8-13H2,1-2H3,(H2,19,20,21,22). The smallest absolute Gasteiger partial charge is 0.229 e. The Morgan fingerprint density at radius 1 is 1.17 bits per heavy atom. The zero-order chi connectivity index (χ0) is 16.8. The van der Waals surface area contributed by atoms with Crippen molar-refractivity contribution in [3.8, 4) is 0 Å². The third-order valence-corrected chi connectivity index (χ3v) is 4.34. The first-order chi connectivity index (χ1) is 11.7. The van der Waals surface area contributed by atoms with E-state index in [2.05, 4.69) is 45.4 Å². The molecule has 1 aromatic carbocycles. The van der Waals surface area contributed by atoms with Gasteiger partial charge in [0.25, 0.3) is 0 Å². The molecule has 0 spiro atoms. The SMILES string of the molecule is Cc1cccc(Nc2nccc(NCCN3CCOCC3)n2)c1C. The van der Waals surface area contributed by atoms with Crippen molar-refractivity contribution in [2.24, 2.45) is 0 Å². The van der Waals surface area contributed by atoms with E-state index in [0.717, 1.165) is 50.9 Å². The van der Waals surface area contributed by atoms with E-state index in [1.54, 1.807) is 6.20 Å². The van der Waals surface area contributed by atoms with Crippen LogP contribution in [-0.2, 0) is 4.74 Å². The molecule has 6 nitrogen and oxygen atoms in total. The van der Waals surface area contributed by atoms with Gasteiger partial charge in [-0.3, -0.25) is 4.90 Å². The van der Waals surface area contributed by atoms with E-state index < -0.39 is 0 Å². The normalized spacial score (nSPS) is 15.2. The van der Waals surface area contributed by atoms with Crippen molar-refractivity contribution >= 4 is 17.5 Å². The van der Waals surface area contributed by atoms with Crippen molar-refractivity contribution in [2.75, 3.05) is 50.0 Å². The molecule has 0 atom stereocenters. The van der Waals surface area contributed by atoms with Crippen LogP contribution in [0.5, 0.6) is 0 Å². The van der Waals surface area contributed by atoms with Crippen molar-refractivity contribution in [2.45, 2.75) is 13.8 Å². The molecular weight excluding hydrogens is 302 g/mol. The van der Waals surface area contributed by atoms with E-state index in [1.165, 1.54) is 11.1 Å². The number of anilines is 3. The van der Waals surface area contributed by atoms with E-state index in [-0.39, 0.29) is 0 Å². The van der Waals surface area contributed by atoms with E-state index in [0.29, 0.717) is 5.95 Å². The maximum atomic E-state index is 5.36. The topological polar surface area (TPSA) is 62.3 Å². The molecule has 1 aliphatic rings. The van der Waals surface area contributed by atoms with Crippen LogP contribution in [0.3, 0.4) is 0 Å². The molecule has 1 fully saturated rings. The predicted octanol–water partition coefficient (Wildman–Crippen LogP) is 2.58. The lowest BCUT2D eigenvalue weighted by Gasteiger charge is -2.26. The Morgan fingerprint density at radius 2 is 2.00 bits per heavy atom. The molecule has 1 aromatic heterocycles. The summed E-state index contributed by atoms with van der Waals surface area (Å²) in [6, 6.07) is 8.08. The molecule has 6 heteroatoms. The van der Waals surface area contributed by atoms with Gasteiger partial charge in [0, 0.05) is 38.1 Å². The van der Waals surface area contributed by atoms with Crippen molar-refractivity contribution in [1.29, 1.82) is 0 Å². The average molecular weight is 327 g/mol. The van der Waals surface area contributed by atoms with Crippen molar-refractivity contribution in [1.82, 2.24) is 14.9 Å². The van der Waals surface area contributed by atoms with Gasteiger partial charge in [-0.1, -0.05) is 12.1 Å². The van der Waals surface area contributed by atoms with Crippen LogP contribution in [0.25, 0.3) is 0 Å². The van der Waals surface area contributed by atoms with Gasteiger partial charge in [0.15, 0.2) is 0 Å². The van der Waals surface area contributed by atoms with Crippen LogP contribution >= 0.6 is 0 Å². The van der Waals surface area contributed by atoms with Gasteiger partial charge in [-0.25, -0.2) is 4.98 Å². The zero-order valence-electron chi connectivity index (χ0n) is 14.4. The van der Waals surface area contributed by atoms with Crippen LogP contribution in [0.2, 0.25) is 0 Å². The van der Waals surface area contributed by atoms with Gasteiger partial charge in [-0.05, 0) is 37.1 Å². The number of nitrogens with zero attached hydrogens (tertiary/aromatic N) is 3. The molecular formula is C18H25N5O. The Bertz CT molecular complexity index is 670. The fourth-order valence-corrected chi connectivity index (χ4v) is 2.69. The summed E-state index contributed by atoms with van der Waals surface area (Å²) in [4.78, 5) is 11.3. The minimum Gasteiger partial charge on any atom is -0.379 e. The van der Waals surface area contributed by atoms with Gasteiger partial charge in [-0.2, -0.15) is 4.98 Å². The summed E-state index contributed by atoms with van der Waals surface area (Å²) in [5, 5.41) is 6.67. The lowest BCUT2D eigenvalue weighted by molar-refractivity contribution is 0.0398.